The van der Waals surface area contributed by atoms with Crippen LogP contribution in [0.1, 0.15) is 22.8 Å². The van der Waals surface area contributed by atoms with E-state index in [-0.39, 0.29) is 5.56 Å². The zero-order valence-electron chi connectivity index (χ0n) is 9.92. The van der Waals surface area contributed by atoms with E-state index in [4.69, 9.17) is 0 Å². The first-order valence-electron chi connectivity index (χ1n) is 5.48. The minimum Gasteiger partial charge on any atom is -0.384 e. The fraction of sp³-hybridized carbons (Fsp3) is 0.143. The number of rotatable bonds is 2. The molecule has 1 unspecified atom stereocenters. The molecule has 19 heavy (non-hydrogen) atoms. The third kappa shape index (κ3) is 2.61. The molecular formula is C14H10F4O. The van der Waals surface area contributed by atoms with E-state index in [0.29, 0.717) is 23.3 Å². The second-order valence-electron chi connectivity index (χ2n) is 4.20. The molecule has 1 nitrogen and oxygen atoms in total. The lowest BCUT2D eigenvalue weighted by Gasteiger charge is -2.14. The van der Waals surface area contributed by atoms with Crippen molar-refractivity contribution in [2.45, 2.75) is 13.0 Å². The Hall–Kier alpha value is -1.88. The smallest absolute Gasteiger partial charge is 0.194 e. The third-order valence-electron chi connectivity index (χ3n) is 2.85. The maximum absolute atomic E-state index is 13.1. The summed E-state index contributed by atoms with van der Waals surface area (Å²) in [5, 5.41) is 10.0. The van der Waals surface area contributed by atoms with Crippen LogP contribution in [-0.4, -0.2) is 5.11 Å². The molecule has 0 saturated carbocycles. The highest BCUT2D eigenvalue weighted by Gasteiger charge is 2.18. The summed E-state index contributed by atoms with van der Waals surface area (Å²) in [6.45, 7) is 1.55. The van der Waals surface area contributed by atoms with Crippen LogP contribution >= 0.6 is 0 Å². The summed E-state index contributed by atoms with van der Waals surface area (Å²) < 4.78 is 52.0. The maximum Gasteiger partial charge on any atom is 0.194 e. The quantitative estimate of drug-likeness (QED) is 0.652. The normalized spacial score (nSPS) is 12.5. The van der Waals surface area contributed by atoms with Crippen molar-refractivity contribution in [1.29, 1.82) is 0 Å². The molecule has 0 radical (unpaired) electrons. The molecule has 1 atom stereocenters. The fourth-order valence-electron chi connectivity index (χ4n) is 1.86. The van der Waals surface area contributed by atoms with Crippen molar-refractivity contribution in [2.75, 3.05) is 0 Å². The molecule has 1 N–H and O–H groups in total. The molecule has 100 valence electrons. The van der Waals surface area contributed by atoms with Crippen LogP contribution in [0.4, 0.5) is 17.6 Å². The van der Waals surface area contributed by atoms with Crippen molar-refractivity contribution in [3.8, 4) is 0 Å². The summed E-state index contributed by atoms with van der Waals surface area (Å²) in [6, 6.07) is 5.06. The fourth-order valence-corrected chi connectivity index (χ4v) is 1.86. The lowest BCUT2D eigenvalue weighted by atomic mass is 9.97. The molecule has 2 aromatic rings. The second-order valence-corrected chi connectivity index (χ2v) is 4.20. The Morgan fingerprint density at radius 2 is 1.53 bits per heavy atom. The van der Waals surface area contributed by atoms with Crippen molar-refractivity contribution in [2.24, 2.45) is 0 Å². The van der Waals surface area contributed by atoms with Gasteiger partial charge in [0, 0.05) is 0 Å². The van der Waals surface area contributed by atoms with Gasteiger partial charge in [0.05, 0.1) is 0 Å². The van der Waals surface area contributed by atoms with Crippen molar-refractivity contribution in [1.82, 2.24) is 0 Å². The molecule has 0 aromatic heterocycles. The minimum absolute atomic E-state index is 0.133. The molecule has 0 aliphatic carbocycles. The van der Waals surface area contributed by atoms with Crippen LogP contribution in [0.15, 0.2) is 30.3 Å². The summed E-state index contributed by atoms with van der Waals surface area (Å²) in [6.07, 6.45) is -1.36. The first-order valence-corrected chi connectivity index (χ1v) is 5.48. The molecular weight excluding hydrogens is 260 g/mol. The molecule has 0 heterocycles. The van der Waals surface area contributed by atoms with Gasteiger partial charge >= 0.3 is 0 Å². The van der Waals surface area contributed by atoms with E-state index >= 15 is 0 Å². The summed E-state index contributed by atoms with van der Waals surface area (Å²) in [5.41, 5.74) is 0.593. The van der Waals surface area contributed by atoms with Gasteiger partial charge in [0.25, 0.3) is 0 Å². The highest BCUT2D eigenvalue weighted by atomic mass is 19.2. The van der Waals surface area contributed by atoms with Crippen LogP contribution in [-0.2, 0) is 0 Å². The van der Waals surface area contributed by atoms with Crippen molar-refractivity contribution >= 4 is 0 Å². The lowest BCUT2D eigenvalue weighted by molar-refractivity contribution is 0.217. The predicted octanol–water partition coefficient (Wildman–Crippen LogP) is 3.63. The van der Waals surface area contributed by atoms with Gasteiger partial charge in [0.15, 0.2) is 17.5 Å². The number of hydrogen-bond acceptors (Lipinski definition) is 1. The monoisotopic (exact) mass is 270 g/mol. The van der Waals surface area contributed by atoms with E-state index in [1.165, 1.54) is 12.1 Å². The van der Waals surface area contributed by atoms with Gasteiger partial charge in [-0.1, -0.05) is 6.07 Å². The van der Waals surface area contributed by atoms with Crippen LogP contribution < -0.4 is 0 Å². The summed E-state index contributed by atoms with van der Waals surface area (Å²) in [5.74, 6) is -4.83. The SMILES string of the molecule is Cc1cc(F)ccc1C(O)c1cc(F)c(F)c(F)c1. The van der Waals surface area contributed by atoms with E-state index in [9.17, 15) is 22.7 Å². The molecule has 5 heteroatoms. The van der Waals surface area contributed by atoms with Gasteiger partial charge in [0.2, 0.25) is 0 Å². The van der Waals surface area contributed by atoms with Crippen molar-refractivity contribution in [3.63, 3.8) is 0 Å². The minimum atomic E-state index is -1.59. The number of aliphatic hydroxyl groups excluding tert-OH is 1. The Morgan fingerprint density at radius 1 is 0.947 bits per heavy atom. The average Bonchev–Trinajstić information content (AvgIpc) is 2.34. The summed E-state index contributed by atoms with van der Waals surface area (Å²) in [7, 11) is 0. The number of aliphatic hydroxyl groups is 1. The molecule has 0 fully saturated rings. The first kappa shape index (κ1) is 13.5. The summed E-state index contributed by atoms with van der Waals surface area (Å²) in [4.78, 5) is 0. The molecule has 0 aliphatic heterocycles. The highest BCUT2D eigenvalue weighted by Crippen LogP contribution is 2.27. The Kier molecular flexibility index (Phi) is 3.57. The molecule has 0 bridgehead atoms. The number of aryl methyl sites for hydroxylation is 1. The van der Waals surface area contributed by atoms with Gasteiger partial charge < -0.3 is 5.11 Å². The predicted molar refractivity (Wildman–Crippen MR) is 61.5 cm³/mol. The maximum atomic E-state index is 13.1. The van der Waals surface area contributed by atoms with Crippen LogP contribution in [0.25, 0.3) is 0 Å². The van der Waals surface area contributed by atoms with E-state index in [2.05, 4.69) is 0 Å². The molecule has 0 spiro atoms. The average molecular weight is 270 g/mol. The van der Waals surface area contributed by atoms with Gasteiger partial charge in [-0.15, -0.1) is 0 Å². The topological polar surface area (TPSA) is 20.2 Å². The van der Waals surface area contributed by atoms with Crippen LogP contribution in [0.2, 0.25) is 0 Å². The Morgan fingerprint density at radius 3 is 2.05 bits per heavy atom. The van der Waals surface area contributed by atoms with E-state index in [1.807, 2.05) is 0 Å². The van der Waals surface area contributed by atoms with Gasteiger partial charge in [-0.25, -0.2) is 17.6 Å². The number of benzene rings is 2. The van der Waals surface area contributed by atoms with Crippen LogP contribution in [0.3, 0.4) is 0 Å². The Bertz CT molecular complexity index is 602. The van der Waals surface area contributed by atoms with Crippen molar-refractivity contribution < 1.29 is 22.7 Å². The Balaban J connectivity index is 2.47. The Labute approximate surface area is 107 Å². The van der Waals surface area contributed by atoms with Gasteiger partial charge in [-0.3, -0.25) is 0 Å². The number of hydrogen-bond donors (Lipinski definition) is 1. The van der Waals surface area contributed by atoms with Crippen LogP contribution in [0, 0.1) is 30.2 Å². The molecule has 0 saturated heterocycles. The van der Waals surface area contributed by atoms with Gasteiger partial charge in [-0.2, -0.15) is 0 Å². The molecule has 0 aliphatic rings. The third-order valence-corrected chi connectivity index (χ3v) is 2.85. The van der Waals surface area contributed by atoms with E-state index < -0.39 is 29.4 Å². The lowest BCUT2D eigenvalue weighted by Crippen LogP contribution is -2.05. The zero-order chi connectivity index (χ0) is 14.2. The largest absolute Gasteiger partial charge is 0.384 e. The first-order chi connectivity index (χ1) is 8.90. The van der Waals surface area contributed by atoms with E-state index in [0.717, 1.165) is 6.07 Å². The molecule has 2 rings (SSSR count). The highest BCUT2D eigenvalue weighted by molar-refractivity contribution is 5.36. The van der Waals surface area contributed by atoms with Crippen molar-refractivity contribution in [3.05, 3.63) is 70.3 Å². The second kappa shape index (κ2) is 5.01. The molecule has 2 aromatic carbocycles. The standard InChI is InChI=1S/C14H10F4O/c1-7-4-9(15)2-3-10(7)14(19)8-5-11(16)13(18)12(17)6-8/h2-6,14,19H,1H3. The van der Waals surface area contributed by atoms with Gasteiger partial charge in [0.1, 0.15) is 11.9 Å². The van der Waals surface area contributed by atoms with Gasteiger partial charge in [-0.05, 0) is 47.9 Å². The molecule has 0 amide bonds. The summed E-state index contributed by atoms with van der Waals surface area (Å²) >= 11 is 0. The van der Waals surface area contributed by atoms with E-state index in [1.54, 1.807) is 6.92 Å². The van der Waals surface area contributed by atoms with Crippen LogP contribution in [0.5, 0.6) is 0 Å². The zero-order valence-corrected chi connectivity index (χ0v) is 9.92. The number of halogens is 4.